The first kappa shape index (κ1) is 12.2. The highest BCUT2D eigenvalue weighted by Crippen LogP contribution is 2.26. The van der Waals surface area contributed by atoms with Crippen LogP contribution >= 0.6 is 0 Å². The van der Waals surface area contributed by atoms with Crippen molar-refractivity contribution in [2.24, 2.45) is 7.05 Å². The molecule has 0 atom stereocenters. The second-order valence-corrected chi connectivity index (χ2v) is 4.63. The van der Waals surface area contributed by atoms with E-state index in [0.29, 0.717) is 11.1 Å². The number of carboxylic acid groups (broad SMARTS) is 1. The van der Waals surface area contributed by atoms with Gasteiger partial charge in [0.2, 0.25) is 5.43 Å². The van der Waals surface area contributed by atoms with E-state index < -0.39 is 11.4 Å². The normalized spacial score (nSPS) is 10.8. The van der Waals surface area contributed by atoms with Crippen molar-refractivity contribution in [1.29, 1.82) is 0 Å². The predicted octanol–water partition coefficient (Wildman–Crippen LogP) is 2.23. The van der Waals surface area contributed by atoms with Crippen molar-refractivity contribution in [2.75, 3.05) is 0 Å². The van der Waals surface area contributed by atoms with Gasteiger partial charge in [0.05, 0.1) is 0 Å². The number of H-pyrrole nitrogens is 1. The van der Waals surface area contributed by atoms with Crippen LogP contribution in [0.2, 0.25) is 0 Å². The van der Waals surface area contributed by atoms with Crippen LogP contribution in [0, 0.1) is 0 Å². The minimum Gasteiger partial charge on any atom is -0.477 e. The SMILES string of the molecule is Cn1cc(C(=O)O)c(=O)c(-c2c[nH]c3ccccc23)c1. The number of pyridine rings is 1. The van der Waals surface area contributed by atoms with Gasteiger partial charge in [0.15, 0.2) is 0 Å². The number of nitrogens with one attached hydrogen (secondary N) is 1. The number of aromatic nitrogens is 2. The molecule has 20 heavy (non-hydrogen) atoms. The van der Waals surface area contributed by atoms with E-state index in [0.717, 1.165) is 10.9 Å². The lowest BCUT2D eigenvalue weighted by Gasteiger charge is -2.05. The molecule has 2 N–H and O–H groups in total. The zero-order valence-corrected chi connectivity index (χ0v) is 10.8. The monoisotopic (exact) mass is 268 g/mol. The number of benzene rings is 1. The van der Waals surface area contributed by atoms with E-state index in [1.807, 2.05) is 24.3 Å². The van der Waals surface area contributed by atoms with Gasteiger partial charge in [-0.05, 0) is 6.07 Å². The van der Waals surface area contributed by atoms with Crippen molar-refractivity contribution in [2.45, 2.75) is 0 Å². The molecule has 1 aromatic carbocycles. The Bertz CT molecular complexity index is 874. The highest BCUT2D eigenvalue weighted by Gasteiger charge is 2.16. The smallest absolute Gasteiger partial charge is 0.341 e. The molecule has 3 rings (SSSR count). The molecule has 0 unspecified atom stereocenters. The molecule has 2 heterocycles. The predicted molar refractivity (Wildman–Crippen MR) is 75.9 cm³/mol. The summed E-state index contributed by atoms with van der Waals surface area (Å²) in [4.78, 5) is 26.5. The summed E-state index contributed by atoms with van der Waals surface area (Å²) in [5.74, 6) is -1.22. The van der Waals surface area contributed by atoms with E-state index in [1.165, 1.54) is 6.20 Å². The third kappa shape index (κ3) is 1.80. The van der Waals surface area contributed by atoms with Crippen LogP contribution in [0.5, 0.6) is 0 Å². The first-order valence-electron chi connectivity index (χ1n) is 6.08. The van der Waals surface area contributed by atoms with Gasteiger partial charge >= 0.3 is 5.97 Å². The summed E-state index contributed by atoms with van der Waals surface area (Å²) >= 11 is 0. The van der Waals surface area contributed by atoms with E-state index in [4.69, 9.17) is 5.11 Å². The van der Waals surface area contributed by atoms with Gasteiger partial charge in [-0.1, -0.05) is 18.2 Å². The van der Waals surface area contributed by atoms with Crippen LogP contribution in [0.4, 0.5) is 0 Å². The number of hydrogen-bond donors (Lipinski definition) is 2. The third-order valence-corrected chi connectivity index (χ3v) is 3.26. The van der Waals surface area contributed by atoms with E-state index in [1.54, 1.807) is 24.0 Å². The molecule has 3 aromatic rings. The Morgan fingerprint density at radius 3 is 2.70 bits per heavy atom. The highest BCUT2D eigenvalue weighted by atomic mass is 16.4. The van der Waals surface area contributed by atoms with Gasteiger partial charge in [-0.15, -0.1) is 0 Å². The fourth-order valence-corrected chi connectivity index (χ4v) is 2.35. The van der Waals surface area contributed by atoms with E-state index in [-0.39, 0.29) is 5.56 Å². The van der Waals surface area contributed by atoms with Gasteiger partial charge in [-0.2, -0.15) is 0 Å². The highest BCUT2D eigenvalue weighted by molar-refractivity contribution is 5.97. The van der Waals surface area contributed by atoms with Crippen LogP contribution in [0.25, 0.3) is 22.0 Å². The van der Waals surface area contributed by atoms with Gasteiger partial charge < -0.3 is 14.7 Å². The average Bonchev–Trinajstić information content (AvgIpc) is 2.84. The number of carboxylic acids is 1. The molecule has 100 valence electrons. The number of aromatic amines is 1. The lowest BCUT2D eigenvalue weighted by Crippen LogP contribution is -2.18. The zero-order chi connectivity index (χ0) is 14.3. The van der Waals surface area contributed by atoms with Crippen molar-refractivity contribution < 1.29 is 9.90 Å². The quantitative estimate of drug-likeness (QED) is 0.748. The van der Waals surface area contributed by atoms with Gasteiger partial charge in [-0.3, -0.25) is 4.79 Å². The molecule has 0 spiro atoms. The number of fused-ring (bicyclic) bond motifs is 1. The molecule has 0 radical (unpaired) electrons. The summed E-state index contributed by atoms with van der Waals surface area (Å²) in [7, 11) is 1.70. The fraction of sp³-hybridized carbons (Fsp3) is 0.0667. The number of para-hydroxylation sites is 1. The second-order valence-electron chi connectivity index (χ2n) is 4.63. The number of aryl methyl sites for hydroxylation is 1. The molecule has 0 bridgehead atoms. The van der Waals surface area contributed by atoms with Crippen LogP contribution in [-0.4, -0.2) is 20.6 Å². The summed E-state index contributed by atoms with van der Waals surface area (Å²) in [5, 5.41) is 10.00. The van der Waals surface area contributed by atoms with Crippen LogP contribution in [0.3, 0.4) is 0 Å². The maximum absolute atomic E-state index is 12.3. The maximum atomic E-state index is 12.3. The summed E-state index contributed by atoms with van der Waals surface area (Å²) in [6.45, 7) is 0. The standard InChI is InChI=1S/C15H12N2O3/c1-17-7-11(14(18)12(8-17)15(19)20)10-6-16-13-5-3-2-4-9(10)13/h2-8,16H,1H3,(H,19,20). The number of rotatable bonds is 2. The molecule has 0 saturated heterocycles. The molecular weight excluding hydrogens is 256 g/mol. The van der Waals surface area contributed by atoms with Crippen LogP contribution in [0.1, 0.15) is 10.4 Å². The van der Waals surface area contributed by atoms with Crippen molar-refractivity contribution >= 4 is 16.9 Å². The number of hydrogen-bond acceptors (Lipinski definition) is 2. The summed E-state index contributed by atoms with van der Waals surface area (Å²) < 4.78 is 1.59. The first-order chi connectivity index (χ1) is 9.58. The van der Waals surface area contributed by atoms with Crippen molar-refractivity contribution in [3.05, 3.63) is 58.6 Å². The molecule has 0 aliphatic rings. The fourth-order valence-electron chi connectivity index (χ4n) is 2.35. The average molecular weight is 268 g/mol. The number of carbonyl (C=O) groups is 1. The minimum absolute atomic E-state index is 0.227. The number of aromatic carboxylic acids is 1. The Kier molecular flexibility index (Phi) is 2.68. The van der Waals surface area contributed by atoms with Gasteiger partial charge in [0, 0.05) is 47.7 Å². The lowest BCUT2D eigenvalue weighted by atomic mass is 10.0. The Balaban J connectivity index is 2.35. The van der Waals surface area contributed by atoms with Crippen molar-refractivity contribution in [1.82, 2.24) is 9.55 Å². The molecule has 0 aliphatic carbocycles. The van der Waals surface area contributed by atoms with Crippen molar-refractivity contribution in [3.63, 3.8) is 0 Å². The second kappa shape index (κ2) is 4.38. The minimum atomic E-state index is -1.22. The summed E-state index contributed by atoms with van der Waals surface area (Å²) in [6, 6.07) is 7.58. The van der Waals surface area contributed by atoms with Gasteiger partial charge in [0.1, 0.15) is 5.56 Å². The van der Waals surface area contributed by atoms with Crippen LogP contribution in [0.15, 0.2) is 47.7 Å². The third-order valence-electron chi connectivity index (χ3n) is 3.26. The van der Waals surface area contributed by atoms with E-state index in [9.17, 15) is 9.59 Å². The maximum Gasteiger partial charge on any atom is 0.341 e. The van der Waals surface area contributed by atoms with Crippen molar-refractivity contribution in [3.8, 4) is 11.1 Å². The molecule has 2 aromatic heterocycles. The Morgan fingerprint density at radius 2 is 1.95 bits per heavy atom. The van der Waals surface area contributed by atoms with Gasteiger partial charge in [0.25, 0.3) is 0 Å². The van der Waals surface area contributed by atoms with Crippen LogP contribution in [-0.2, 0) is 7.05 Å². The Hall–Kier alpha value is -2.82. The summed E-state index contributed by atoms with van der Waals surface area (Å²) in [6.07, 6.45) is 4.69. The molecule has 0 aliphatic heterocycles. The first-order valence-corrected chi connectivity index (χ1v) is 6.08. The topological polar surface area (TPSA) is 75.1 Å². The largest absolute Gasteiger partial charge is 0.477 e. The zero-order valence-electron chi connectivity index (χ0n) is 10.8. The molecule has 0 fully saturated rings. The number of nitrogens with zero attached hydrogens (tertiary/aromatic N) is 1. The molecule has 0 saturated carbocycles. The lowest BCUT2D eigenvalue weighted by molar-refractivity contribution is 0.0694. The Morgan fingerprint density at radius 1 is 1.20 bits per heavy atom. The van der Waals surface area contributed by atoms with Crippen LogP contribution < -0.4 is 5.43 Å². The Labute approximate surface area is 114 Å². The van der Waals surface area contributed by atoms with Gasteiger partial charge in [-0.25, -0.2) is 4.79 Å². The van der Waals surface area contributed by atoms with E-state index in [2.05, 4.69) is 4.98 Å². The molecular formula is C15H12N2O3. The molecule has 5 heteroatoms. The van der Waals surface area contributed by atoms with E-state index >= 15 is 0 Å². The molecule has 5 nitrogen and oxygen atoms in total. The molecule has 0 amide bonds. The summed E-state index contributed by atoms with van der Waals surface area (Å²) in [5.41, 5.74) is 1.30.